The molecule has 1 fully saturated rings. The van der Waals surface area contributed by atoms with Crippen molar-refractivity contribution in [1.29, 1.82) is 0 Å². The van der Waals surface area contributed by atoms with Crippen molar-refractivity contribution in [2.75, 3.05) is 19.6 Å². The molecule has 25 heavy (non-hydrogen) atoms. The summed E-state index contributed by atoms with van der Waals surface area (Å²) in [4.78, 5) is 29.8. The molecular weight excluding hydrogens is 325 g/mol. The summed E-state index contributed by atoms with van der Waals surface area (Å²) in [6, 6.07) is 1.20. The van der Waals surface area contributed by atoms with Crippen LogP contribution in [0.2, 0.25) is 0 Å². The predicted octanol–water partition coefficient (Wildman–Crippen LogP) is 1.24. The molecule has 0 bridgehead atoms. The standard InChI is InChI=1S/C17H20FN5O2/c1-22-11-14(9-21-22)16(24)20-7-12-2-4-23(5-3-12)17(25)13-6-15(18)10-19-8-13/h6,8-12H,2-5,7H2,1H3,(H,20,24). The number of pyridine rings is 1. The predicted molar refractivity (Wildman–Crippen MR) is 88.4 cm³/mol. The Morgan fingerprint density at radius 1 is 1.24 bits per heavy atom. The Morgan fingerprint density at radius 3 is 2.64 bits per heavy atom. The average Bonchev–Trinajstić information content (AvgIpc) is 3.06. The molecule has 0 aliphatic carbocycles. The largest absolute Gasteiger partial charge is 0.352 e. The third-order valence-corrected chi connectivity index (χ3v) is 4.37. The first-order valence-electron chi connectivity index (χ1n) is 8.19. The molecule has 0 unspecified atom stereocenters. The summed E-state index contributed by atoms with van der Waals surface area (Å²) in [5.74, 6) is -0.545. The number of carbonyl (C=O) groups excluding carboxylic acids is 2. The van der Waals surface area contributed by atoms with Crippen LogP contribution < -0.4 is 5.32 Å². The van der Waals surface area contributed by atoms with Crippen molar-refractivity contribution in [1.82, 2.24) is 25.0 Å². The third kappa shape index (κ3) is 4.20. The first kappa shape index (κ1) is 17.1. The number of nitrogens with one attached hydrogen (secondary N) is 1. The minimum Gasteiger partial charge on any atom is -0.352 e. The molecule has 7 nitrogen and oxygen atoms in total. The van der Waals surface area contributed by atoms with Gasteiger partial charge >= 0.3 is 0 Å². The maximum absolute atomic E-state index is 13.2. The minimum atomic E-state index is -0.515. The second-order valence-electron chi connectivity index (χ2n) is 6.24. The Hall–Kier alpha value is -2.77. The summed E-state index contributed by atoms with van der Waals surface area (Å²) in [5.41, 5.74) is 0.803. The van der Waals surface area contributed by atoms with E-state index in [4.69, 9.17) is 0 Å². The van der Waals surface area contributed by atoms with E-state index in [1.165, 1.54) is 18.5 Å². The lowest BCUT2D eigenvalue weighted by atomic mass is 9.96. The van der Waals surface area contributed by atoms with Gasteiger partial charge in [0.05, 0.1) is 23.5 Å². The molecule has 3 heterocycles. The Bertz CT molecular complexity index is 768. The van der Waals surface area contributed by atoms with Gasteiger partial charge in [0.2, 0.25) is 0 Å². The average molecular weight is 345 g/mol. The number of carbonyl (C=O) groups is 2. The maximum atomic E-state index is 13.2. The lowest BCUT2D eigenvalue weighted by molar-refractivity contribution is 0.0683. The molecule has 1 saturated heterocycles. The maximum Gasteiger partial charge on any atom is 0.255 e. The molecule has 1 aliphatic rings. The van der Waals surface area contributed by atoms with Gasteiger partial charge in [-0.15, -0.1) is 0 Å². The van der Waals surface area contributed by atoms with Gasteiger partial charge in [0.25, 0.3) is 11.8 Å². The van der Waals surface area contributed by atoms with Gasteiger partial charge in [0.1, 0.15) is 5.82 Å². The van der Waals surface area contributed by atoms with E-state index in [2.05, 4.69) is 15.4 Å². The van der Waals surface area contributed by atoms with Crippen LogP contribution in [0, 0.1) is 11.7 Å². The number of piperidine rings is 1. The van der Waals surface area contributed by atoms with E-state index in [0.29, 0.717) is 31.1 Å². The number of rotatable bonds is 4. The van der Waals surface area contributed by atoms with E-state index in [1.807, 2.05) is 0 Å². The van der Waals surface area contributed by atoms with E-state index >= 15 is 0 Å². The molecule has 8 heteroatoms. The molecular formula is C17H20FN5O2. The molecule has 2 amide bonds. The number of likely N-dealkylation sites (tertiary alicyclic amines) is 1. The Kier molecular flexibility index (Phi) is 5.06. The molecule has 1 N–H and O–H groups in total. The normalized spacial score (nSPS) is 15.2. The van der Waals surface area contributed by atoms with Crippen LogP contribution in [-0.4, -0.2) is 51.1 Å². The van der Waals surface area contributed by atoms with Crippen molar-refractivity contribution in [3.63, 3.8) is 0 Å². The van der Waals surface area contributed by atoms with Gasteiger partial charge in [0, 0.05) is 39.1 Å². The first-order chi connectivity index (χ1) is 12.0. The highest BCUT2D eigenvalue weighted by Gasteiger charge is 2.24. The third-order valence-electron chi connectivity index (χ3n) is 4.37. The van der Waals surface area contributed by atoms with Crippen LogP contribution in [0.4, 0.5) is 4.39 Å². The molecule has 132 valence electrons. The fraction of sp³-hybridized carbons (Fsp3) is 0.412. The highest BCUT2D eigenvalue weighted by atomic mass is 19.1. The summed E-state index contributed by atoms with van der Waals surface area (Å²) in [6.07, 6.45) is 7.25. The fourth-order valence-corrected chi connectivity index (χ4v) is 2.93. The van der Waals surface area contributed by atoms with Crippen molar-refractivity contribution < 1.29 is 14.0 Å². The molecule has 0 atom stereocenters. The SMILES string of the molecule is Cn1cc(C(=O)NCC2CCN(C(=O)c3cncc(F)c3)CC2)cn1. The van der Waals surface area contributed by atoms with Gasteiger partial charge in [0.15, 0.2) is 0 Å². The van der Waals surface area contributed by atoms with Crippen molar-refractivity contribution in [2.45, 2.75) is 12.8 Å². The second kappa shape index (κ2) is 7.42. The van der Waals surface area contributed by atoms with Gasteiger partial charge in [-0.1, -0.05) is 0 Å². The Morgan fingerprint density at radius 2 is 2.00 bits per heavy atom. The summed E-state index contributed by atoms with van der Waals surface area (Å²) in [7, 11) is 1.76. The first-order valence-corrected chi connectivity index (χ1v) is 8.19. The molecule has 0 aromatic carbocycles. The van der Waals surface area contributed by atoms with Crippen molar-refractivity contribution in [3.8, 4) is 0 Å². The summed E-state index contributed by atoms with van der Waals surface area (Å²) >= 11 is 0. The molecule has 0 saturated carbocycles. The molecule has 0 radical (unpaired) electrons. The molecule has 2 aromatic rings. The monoisotopic (exact) mass is 345 g/mol. The summed E-state index contributed by atoms with van der Waals surface area (Å²) in [5, 5.41) is 6.89. The molecule has 0 spiro atoms. The van der Waals surface area contributed by atoms with Crippen LogP contribution >= 0.6 is 0 Å². The zero-order chi connectivity index (χ0) is 17.8. The Balaban J connectivity index is 1.47. The lowest BCUT2D eigenvalue weighted by Crippen LogP contribution is -2.41. The highest BCUT2D eigenvalue weighted by Crippen LogP contribution is 2.18. The van der Waals surface area contributed by atoms with Crippen molar-refractivity contribution in [3.05, 3.63) is 47.8 Å². The zero-order valence-corrected chi connectivity index (χ0v) is 14.0. The van der Waals surface area contributed by atoms with Crippen LogP contribution in [0.25, 0.3) is 0 Å². The van der Waals surface area contributed by atoms with Gasteiger partial charge in [-0.2, -0.15) is 5.10 Å². The number of aryl methyl sites for hydroxylation is 1. The number of aromatic nitrogens is 3. The molecule has 1 aliphatic heterocycles. The number of hydrogen-bond acceptors (Lipinski definition) is 4. The van der Waals surface area contributed by atoms with Crippen LogP contribution in [0.15, 0.2) is 30.9 Å². The van der Waals surface area contributed by atoms with E-state index in [-0.39, 0.29) is 17.4 Å². The van der Waals surface area contributed by atoms with Crippen LogP contribution in [0.5, 0.6) is 0 Å². The fourth-order valence-electron chi connectivity index (χ4n) is 2.93. The quantitative estimate of drug-likeness (QED) is 0.904. The van der Waals surface area contributed by atoms with Crippen LogP contribution in [0.1, 0.15) is 33.6 Å². The van der Waals surface area contributed by atoms with Crippen molar-refractivity contribution in [2.24, 2.45) is 13.0 Å². The summed E-state index contributed by atoms with van der Waals surface area (Å²) < 4.78 is 14.8. The van der Waals surface area contributed by atoms with Crippen LogP contribution in [-0.2, 0) is 7.05 Å². The number of nitrogens with zero attached hydrogens (tertiary/aromatic N) is 4. The van der Waals surface area contributed by atoms with Gasteiger partial charge < -0.3 is 10.2 Å². The van der Waals surface area contributed by atoms with Crippen LogP contribution in [0.3, 0.4) is 0 Å². The van der Waals surface area contributed by atoms with E-state index in [1.54, 1.807) is 22.8 Å². The van der Waals surface area contributed by atoms with E-state index < -0.39 is 5.82 Å². The number of halogens is 1. The van der Waals surface area contributed by atoms with Gasteiger partial charge in [-0.3, -0.25) is 19.3 Å². The minimum absolute atomic E-state index is 0.141. The number of amides is 2. The van der Waals surface area contributed by atoms with E-state index in [0.717, 1.165) is 19.0 Å². The topological polar surface area (TPSA) is 80.1 Å². The lowest BCUT2D eigenvalue weighted by Gasteiger charge is -2.32. The highest BCUT2D eigenvalue weighted by molar-refractivity contribution is 5.94. The zero-order valence-electron chi connectivity index (χ0n) is 14.0. The van der Waals surface area contributed by atoms with E-state index in [9.17, 15) is 14.0 Å². The van der Waals surface area contributed by atoms with Gasteiger partial charge in [-0.25, -0.2) is 4.39 Å². The van der Waals surface area contributed by atoms with Gasteiger partial charge in [-0.05, 0) is 24.8 Å². The smallest absolute Gasteiger partial charge is 0.255 e. The molecule has 3 rings (SSSR count). The summed E-state index contributed by atoms with van der Waals surface area (Å²) in [6.45, 7) is 1.74. The second-order valence-corrected chi connectivity index (χ2v) is 6.24. The molecule has 2 aromatic heterocycles. The van der Waals surface area contributed by atoms with Crippen molar-refractivity contribution >= 4 is 11.8 Å². The Labute approximate surface area is 144 Å². The number of hydrogen-bond donors (Lipinski definition) is 1.